The summed E-state index contributed by atoms with van der Waals surface area (Å²) in [6.45, 7) is 4.22. The standard InChI is InChI=1S/C15H14F2/c1-10(2)11-3-5-12(6-4-11)13-7-14(16)9-15(17)8-13/h3-10H,1-2H3. The molecular formula is C15H14F2. The number of halogens is 2. The molecule has 2 rings (SSSR count). The van der Waals surface area contributed by atoms with Gasteiger partial charge in [0.25, 0.3) is 0 Å². The van der Waals surface area contributed by atoms with Crippen LogP contribution in [0.25, 0.3) is 11.1 Å². The summed E-state index contributed by atoms with van der Waals surface area (Å²) in [6, 6.07) is 11.3. The molecule has 0 aliphatic rings. The first kappa shape index (κ1) is 11.8. The number of benzene rings is 2. The summed E-state index contributed by atoms with van der Waals surface area (Å²) in [7, 11) is 0. The predicted molar refractivity (Wildman–Crippen MR) is 65.9 cm³/mol. The molecule has 2 aromatic carbocycles. The normalized spacial score (nSPS) is 10.9. The van der Waals surface area contributed by atoms with Crippen molar-refractivity contribution in [1.82, 2.24) is 0 Å². The van der Waals surface area contributed by atoms with Crippen molar-refractivity contribution in [3.63, 3.8) is 0 Å². The van der Waals surface area contributed by atoms with Crippen LogP contribution in [-0.4, -0.2) is 0 Å². The molecule has 0 atom stereocenters. The van der Waals surface area contributed by atoms with E-state index in [9.17, 15) is 8.78 Å². The number of hydrogen-bond donors (Lipinski definition) is 0. The summed E-state index contributed by atoms with van der Waals surface area (Å²) in [5.41, 5.74) is 2.61. The maximum Gasteiger partial charge on any atom is 0.126 e. The monoisotopic (exact) mass is 232 g/mol. The molecule has 2 heteroatoms. The highest BCUT2D eigenvalue weighted by molar-refractivity contribution is 5.63. The SMILES string of the molecule is CC(C)c1ccc(-c2cc(F)cc(F)c2)cc1. The lowest BCUT2D eigenvalue weighted by atomic mass is 9.99. The average Bonchev–Trinajstić information content (AvgIpc) is 2.28. The van der Waals surface area contributed by atoms with Crippen LogP contribution < -0.4 is 0 Å². The van der Waals surface area contributed by atoms with Gasteiger partial charge in [-0.25, -0.2) is 8.78 Å². The van der Waals surface area contributed by atoms with E-state index in [4.69, 9.17) is 0 Å². The largest absolute Gasteiger partial charge is 0.207 e. The van der Waals surface area contributed by atoms with Gasteiger partial charge in [-0.2, -0.15) is 0 Å². The van der Waals surface area contributed by atoms with E-state index in [2.05, 4.69) is 13.8 Å². The molecule has 0 fully saturated rings. The van der Waals surface area contributed by atoms with Crippen molar-refractivity contribution in [1.29, 1.82) is 0 Å². The van der Waals surface area contributed by atoms with Crippen LogP contribution in [-0.2, 0) is 0 Å². The van der Waals surface area contributed by atoms with Crippen molar-refractivity contribution in [3.05, 3.63) is 59.7 Å². The van der Waals surface area contributed by atoms with Crippen LogP contribution in [0.1, 0.15) is 25.3 Å². The van der Waals surface area contributed by atoms with Gasteiger partial charge in [-0.05, 0) is 34.7 Å². The Kier molecular flexibility index (Phi) is 3.23. The third-order valence-corrected chi connectivity index (χ3v) is 2.77. The van der Waals surface area contributed by atoms with Crippen LogP contribution in [0.4, 0.5) is 8.78 Å². The van der Waals surface area contributed by atoms with E-state index < -0.39 is 11.6 Å². The number of hydrogen-bond acceptors (Lipinski definition) is 0. The van der Waals surface area contributed by atoms with Gasteiger partial charge in [0.05, 0.1) is 0 Å². The van der Waals surface area contributed by atoms with E-state index >= 15 is 0 Å². The Morgan fingerprint density at radius 3 is 1.76 bits per heavy atom. The molecule has 0 aromatic heterocycles. The van der Waals surface area contributed by atoms with Gasteiger partial charge in [-0.3, -0.25) is 0 Å². The molecule has 0 heterocycles. The zero-order chi connectivity index (χ0) is 12.4. The molecular weight excluding hydrogens is 218 g/mol. The van der Waals surface area contributed by atoms with Crippen molar-refractivity contribution in [2.75, 3.05) is 0 Å². The van der Waals surface area contributed by atoms with Crippen LogP contribution in [0, 0.1) is 11.6 Å². The van der Waals surface area contributed by atoms with Crippen LogP contribution in [0.5, 0.6) is 0 Å². The zero-order valence-corrected chi connectivity index (χ0v) is 9.87. The van der Waals surface area contributed by atoms with Gasteiger partial charge in [0.2, 0.25) is 0 Å². The molecule has 0 N–H and O–H groups in total. The Balaban J connectivity index is 2.39. The summed E-state index contributed by atoms with van der Waals surface area (Å²) < 4.78 is 26.2. The van der Waals surface area contributed by atoms with Crippen molar-refractivity contribution >= 4 is 0 Å². The predicted octanol–water partition coefficient (Wildman–Crippen LogP) is 4.76. The molecule has 0 saturated heterocycles. The van der Waals surface area contributed by atoms with Crippen molar-refractivity contribution in [2.45, 2.75) is 19.8 Å². The van der Waals surface area contributed by atoms with Crippen molar-refractivity contribution < 1.29 is 8.78 Å². The van der Waals surface area contributed by atoms with E-state index in [0.29, 0.717) is 11.5 Å². The topological polar surface area (TPSA) is 0 Å². The van der Waals surface area contributed by atoms with E-state index in [1.807, 2.05) is 24.3 Å². The second-order valence-electron chi connectivity index (χ2n) is 4.43. The maximum atomic E-state index is 13.1. The smallest absolute Gasteiger partial charge is 0.126 e. The van der Waals surface area contributed by atoms with Gasteiger partial charge in [-0.1, -0.05) is 38.1 Å². The van der Waals surface area contributed by atoms with Crippen molar-refractivity contribution in [2.24, 2.45) is 0 Å². The Morgan fingerprint density at radius 2 is 1.29 bits per heavy atom. The molecule has 0 aliphatic carbocycles. The highest BCUT2D eigenvalue weighted by Gasteiger charge is 2.04. The minimum Gasteiger partial charge on any atom is -0.207 e. The van der Waals surface area contributed by atoms with Gasteiger partial charge in [-0.15, -0.1) is 0 Å². The fourth-order valence-electron chi connectivity index (χ4n) is 1.78. The molecule has 0 nitrogen and oxygen atoms in total. The third-order valence-electron chi connectivity index (χ3n) is 2.77. The van der Waals surface area contributed by atoms with Gasteiger partial charge in [0.15, 0.2) is 0 Å². The second kappa shape index (κ2) is 4.66. The summed E-state index contributed by atoms with van der Waals surface area (Å²) in [5, 5.41) is 0. The Morgan fingerprint density at radius 1 is 0.765 bits per heavy atom. The minimum atomic E-state index is -0.548. The lowest BCUT2D eigenvalue weighted by Gasteiger charge is -2.07. The summed E-state index contributed by atoms with van der Waals surface area (Å²) in [4.78, 5) is 0. The molecule has 0 bridgehead atoms. The van der Waals surface area contributed by atoms with Gasteiger partial charge in [0.1, 0.15) is 11.6 Å². The fourth-order valence-corrected chi connectivity index (χ4v) is 1.78. The summed E-state index contributed by atoms with van der Waals surface area (Å²) >= 11 is 0. The third kappa shape index (κ3) is 2.70. The molecule has 88 valence electrons. The quantitative estimate of drug-likeness (QED) is 0.700. The Bertz CT molecular complexity index is 493. The zero-order valence-electron chi connectivity index (χ0n) is 9.87. The lowest BCUT2D eigenvalue weighted by Crippen LogP contribution is -1.88. The maximum absolute atomic E-state index is 13.1. The number of rotatable bonds is 2. The minimum absolute atomic E-state index is 0.452. The average molecular weight is 232 g/mol. The Hall–Kier alpha value is -1.70. The molecule has 0 saturated carbocycles. The Labute approximate surface area is 99.9 Å². The van der Waals surface area contributed by atoms with Crippen LogP contribution in [0.2, 0.25) is 0 Å². The molecule has 17 heavy (non-hydrogen) atoms. The molecule has 0 spiro atoms. The summed E-state index contributed by atoms with van der Waals surface area (Å²) in [5.74, 6) is -0.644. The van der Waals surface area contributed by atoms with E-state index in [0.717, 1.165) is 11.6 Å². The lowest BCUT2D eigenvalue weighted by molar-refractivity contribution is 0.584. The molecule has 0 amide bonds. The first-order valence-corrected chi connectivity index (χ1v) is 5.62. The first-order chi connectivity index (χ1) is 8.06. The van der Waals surface area contributed by atoms with E-state index in [-0.39, 0.29) is 0 Å². The van der Waals surface area contributed by atoms with Crippen molar-refractivity contribution in [3.8, 4) is 11.1 Å². The van der Waals surface area contributed by atoms with Gasteiger partial charge < -0.3 is 0 Å². The first-order valence-electron chi connectivity index (χ1n) is 5.62. The van der Waals surface area contributed by atoms with Gasteiger partial charge >= 0.3 is 0 Å². The molecule has 0 aliphatic heterocycles. The summed E-state index contributed by atoms with van der Waals surface area (Å²) in [6.07, 6.45) is 0. The second-order valence-corrected chi connectivity index (χ2v) is 4.43. The highest BCUT2D eigenvalue weighted by Crippen LogP contribution is 2.24. The van der Waals surface area contributed by atoms with E-state index in [1.165, 1.54) is 17.7 Å². The fraction of sp³-hybridized carbons (Fsp3) is 0.200. The molecule has 0 radical (unpaired) electrons. The molecule has 2 aromatic rings. The highest BCUT2D eigenvalue weighted by atomic mass is 19.1. The van der Waals surface area contributed by atoms with Crippen LogP contribution in [0.15, 0.2) is 42.5 Å². The molecule has 0 unspecified atom stereocenters. The van der Waals surface area contributed by atoms with Crippen LogP contribution in [0.3, 0.4) is 0 Å². The van der Waals surface area contributed by atoms with Gasteiger partial charge in [0, 0.05) is 6.07 Å². The van der Waals surface area contributed by atoms with E-state index in [1.54, 1.807) is 0 Å². The van der Waals surface area contributed by atoms with Crippen LogP contribution >= 0.6 is 0 Å².